The van der Waals surface area contributed by atoms with E-state index < -0.39 is 0 Å². The molecule has 1 aliphatic rings. The quantitative estimate of drug-likeness (QED) is 0.565. The van der Waals surface area contributed by atoms with Crippen LogP contribution < -0.4 is 20.3 Å². The van der Waals surface area contributed by atoms with Crippen molar-refractivity contribution in [3.8, 4) is 5.75 Å². The number of thiazole rings is 1. The first-order valence-electron chi connectivity index (χ1n) is 9.59. The van der Waals surface area contributed by atoms with E-state index in [1.807, 2.05) is 12.1 Å². The molecule has 2 N–H and O–H groups in total. The molecule has 1 unspecified atom stereocenters. The van der Waals surface area contributed by atoms with Crippen LogP contribution in [0, 0.1) is 0 Å². The van der Waals surface area contributed by atoms with Crippen LogP contribution >= 0.6 is 11.3 Å². The molecular formula is C20H29N5OS. The summed E-state index contributed by atoms with van der Waals surface area (Å²) in [6, 6.07) is 8.55. The van der Waals surface area contributed by atoms with E-state index in [9.17, 15) is 0 Å². The summed E-state index contributed by atoms with van der Waals surface area (Å²) < 4.78 is 5.51. The Balaban J connectivity index is 1.60. The van der Waals surface area contributed by atoms with Crippen LogP contribution in [0.4, 0.5) is 5.69 Å². The van der Waals surface area contributed by atoms with E-state index in [0.29, 0.717) is 12.6 Å². The number of anilines is 1. The molecule has 1 aromatic carbocycles. The van der Waals surface area contributed by atoms with E-state index in [0.717, 1.165) is 55.6 Å². The van der Waals surface area contributed by atoms with Gasteiger partial charge in [0.25, 0.3) is 0 Å². The number of ether oxygens (including phenoxy) is 1. The summed E-state index contributed by atoms with van der Waals surface area (Å²) in [5, 5.41) is 10.2. The van der Waals surface area contributed by atoms with Crippen molar-refractivity contribution >= 4 is 23.0 Å². The van der Waals surface area contributed by atoms with Gasteiger partial charge in [0.2, 0.25) is 0 Å². The first kappa shape index (κ1) is 19.5. The average Bonchev–Trinajstić information content (AvgIpc) is 3.35. The Morgan fingerprint density at radius 1 is 1.37 bits per heavy atom. The molecule has 27 heavy (non-hydrogen) atoms. The third kappa shape index (κ3) is 5.13. The highest BCUT2D eigenvalue weighted by atomic mass is 32.1. The summed E-state index contributed by atoms with van der Waals surface area (Å²) in [6.07, 6.45) is 2.05. The second kappa shape index (κ2) is 9.60. The number of rotatable bonds is 7. The molecule has 3 rings (SSSR count). The number of aromatic nitrogens is 1. The lowest BCUT2D eigenvalue weighted by Crippen LogP contribution is -2.44. The normalized spacial score (nSPS) is 17.2. The first-order chi connectivity index (χ1) is 13.2. The molecule has 2 heterocycles. The molecule has 0 amide bonds. The summed E-state index contributed by atoms with van der Waals surface area (Å²) >= 11 is 1.71. The van der Waals surface area contributed by atoms with Gasteiger partial charge in [0, 0.05) is 31.1 Å². The highest BCUT2D eigenvalue weighted by molar-refractivity contribution is 7.09. The number of aryl methyl sites for hydroxylation is 1. The standard InChI is InChI=1S/C20H29N5OS/c1-4-19-23-16(14-27-19)12-22-20(21-5-2)24-15-10-11-25(13-15)17-8-6-7-9-18(17)26-3/h6-9,14-15H,4-5,10-13H2,1-3H3,(H2,21,22,24). The fourth-order valence-electron chi connectivity index (χ4n) is 3.25. The smallest absolute Gasteiger partial charge is 0.191 e. The van der Waals surface area contributed by atoms with Gasteiger partial charge < -0.3 is 20.3 Å². The number of guanidine groups is 1. The van der Waals surface area contributed by atoms with Crippen LogP contribution in [0.2, 0.25) is 0 Å². The summed E-state index contributed by atoms with van der Waals surface area (Å²) in [6.45, 7) is 7.60. The second-order valence-electron chi connectivity index (χ2n) is 6.53. The van der Waals surface area contributed by atoms with Crippen LogP contribution in [-0.2, 0) is 13.0 Å². The van der Waals surface area contributed by atoms with Gasteiger partial charge in [0.1, 0.15) is 5.75 Å². The maximum atomic E-state index is 5.51. The summed E-state index contributed by atoms with van der Waals surface area (Å²) in [5.41, 5.74) is 2.19. The van der Waals surface area contributed by atoms with Crippen LogP contribution in [0.15, 0.2) is 34.6 Å². The van der Waals surface area contributed by atoms with E-state index in [1.165, 1.54) is 5.01 Å². The van der Waals surface area contributed by atoms with Crippen molar-refractivity contribution in [3.63, 3.8) is 0 Å². The highest BCUT2D eigenvalue weighted by Gasteiger charge is 2.25. The Morgan fingerprint density at radius 3 is 2.96 bits per heavy atom. The summed E-state index contributed by atoms with van der Waals surface area (Å²) in [5.74, 6) is 1.78. The molecule has 0 bridgehead atoms. The second-order valence-corrected chi connectivity index (χ2v) is 7.47. The van der Waals surface area contributed by atoms with Crippen molar-refractivity contribution in [1.29, 1.82) is 0 Å². The van der Waals surface area contributed by atoms with Crippen LogP contribution in [0.5, 0.6) is 5.75 Å². The van der Waals surface area contributed by atoms with Crippen molar-refractivity contribution in [1.82, 2.24) is 15.6 Å². The zero-order valence-electron chi connectivity index (χ0n) is 16.4. The lowest BCUT2D eigenvalue weighted by Gasteiger charge is -2.22. The third-order valence-electron chi connectivity index (χ3n) is 4.60. The average molecular weight is 388 g/mol. The topological polar surface area (TPSA) is 61.8 Å². The predicted octanol–water partition coefficient (Wildman–Crippen LogP) is 3.05. The zero-order chi connectivity index (χ0) is 19.1. The van der Waals surface area contributed by atoms with Crippen LogP contribution in [0.3, 0.4) is 0 Å². The van der Waals surface area contributed by atoms with E-state index in [1.54, 1.807) is 18.4 Å². The van der Waals surface area contributed by atoms with Gasteiger partial charge in [0.15, 0.2) is 5.96 Å². The predicted molar refractivity (Wildman–Crippen MR) is 113 cm³/mol. The first-order valence-corrected chi connectivity index (χ1v) is 10.5. The van der Waals surface area contributed by atoms with Gasteiger partial charge in [-0.05, 0) is 31.9 Å². The number of hydrogen-bond acceptors (Lipinski definition) is 5. The number of aliphatic imine (C=N–C) groups is 1. The number of nitrogens with one attached hydrogen (secondary N) is 2. The largest absolute Gasteiger partial charge is 0.495 e. The fourth-order valence-corrected chi connectivity index (χ4v) is 3.98. The maximum absolute atomic E-state index is 5.51. The molecular weight excluding hydrogens is 358 g/mol. The molecule has 1 atom stereocenters. The highest BCUT2D eigenvalue weighted by Crippen LogP contribution is 2.30. The molecule has 0 aliphatic carbocycles. The molecule has 1 aliphatic heterocycles. The minimum Gasteiger partial charge on any atom is -0.495 e. The SMILES string of the molecule is CCNC(=NCc1csc(CC)n1)NC1CCN(c2ccccc2OC)C1. The number of para-hydroxylation sites is 2. The Morgan fingerprint density at radius 2 is 2.22 bits per heavy atom. The molecule has 1 fully saturated rings. The van der Waals surface area contributed by atoms with E-state index in [2.05, 4.69) is 51.9 Å². The molecule has 0 saturated carbocycles. The third-order valence-corrected chi connectivity index (χ3v) is 5.64. The van der Waals surface area contributed by atoms with Crippen molar-refractivity contribution in [2.75, 3.05) is 31.6 Å². The molecule has 1 aromatic heterocycles. The minimum absolute atomic E-state index is 0.356. The monoisotopic (exact) mass is 387 g/mol. The van der Waals surface area contributed by atoms with Crippen LogP contribution in [0.25, 0.3) is 0 Å². The van der Waals surface area contributed by atoms with E-state index in [4.69, 9.17) is 9.73 Å². The molecule has 1 saturated heterocycles. The molecule has 7 heteroatoms. The Bertz CT molecular complexity index is 760. The van der Waals surface area contributed by atoms with Gasteiger partial charge in [-0.3, -0.25) is 0 Å². The minimum atomic E-state index is 0.356. The number of methoxy groups -OCH3 is 1. The maximum Gasteiger partial charge on any atom is 0.191 e. The lowest BCUT2D eigenvalue weighted by molar-refractivity contribution is 0.415. The number of hydrogen-bond donors (Lipinski definition) is 2. The number of benzene rings is 1. The van der Waals surface area contributed by atoms with Gasteiger partial charge in [-0.15, -0.1) is 11.3 Å². The van der Waals surface area contributed by atoms with Gasteiger partial charge in [-0.1, -0.05) is 19.1 Å². The van der Waals surface area contributed by atoms with Gasteiger partial charge in [-0.25, -0.2) is 9.98 Å². The van der Waals surface area contributed by atoms with E-state index in [-0.39, 0.29) is 0 Å². The molecule has 6 nitrogen and oxygen atoms in total. The number of nitrogens with zero attached hydrogens (tertiary/aromatic N) is 3. The Labute approximate surface area is 165 Å². The van der Waals surface area contributed by atoms with Gasteiger partial charge in [-0.2, -0.15) is 0 Å². The van der Waals surface area contributed by atoms with Crippen molar-refractivity contribution in [3.05, 3.63) is 40.3 Å². The Hall–Kier alpha value is -2.28. The van der Waals surface area contributed by atoms with Crippen LogP contribution in [-0.4, -0.2) is 43.7 Å². The molecule has 0 spiro atoms. The van der Waals surface area contributed by atoms with Crippen molar-refractivity contribution in [2.45, 2.75) is 39.3 Å². The lowest BCUT2D eigenvalue weighted by atomic mass is 10.2. The Kier molecular flexibility index (Phi) is 6.92. The molecule has 2 aromatic rings. The van der Waals surface area contributed by atoms with Gasteiger partial charge in [0.05, 0.1) is 30.0 Å². The zero-order valence-corrected chi connectivity index (χ0v) is 17.2. The molecule has 0 radical (unpaired) electrons. The van der Waals surface area contributed by atoms with Crippen LogP contribution in [0.1, 0.15) is 31.0 Å². The molecule has 146 valence electrons. The van der Waals surface area contributed by atoms with Crippen molar-refractivity contribution in [2.24, 2.45) is 4.99 Å². The fraction of sp³-hybridized carbons (Fsp3) is 0.500. The van der Waals surface area contributed by atoms with Gasteiger partial charge >= 0.3 is 0 Å². The summed E-state index contributed by atoms with van der Waals surface area (Å²) in [7, 11) is 1.73. The summed E-state index contributed by atoms with van der Waals surface area (Å²) in [4.78, 5) is 11.7. The van der Waals surface area contributed by atoms with Crippen molar-refractivity contribution < 1.29 is 4.74 Å². The van der Waals surface area contributed by atoms with E-state index >= 15 is 0 Å².